The number of aryl methyl sites for hydroxylation is 2. The summed E-state index contributed by atoms with van der Waals surface area (Å²) >= 11 is 0. The largest absolute Gasteiger partial charge is 0.361 e. The van der Waals surface area contributed by atoms with Crippen LogP contribution in [0.2, 0.25) is 0 Å². The van der Waals surface area contributed by atoms with Crippen molar-refractivity contribution in [1.82, 2.24) is 19.4 Å². The summed E-state index contributed by atoms with van der Waals surface area (Å²) in [5.41, 5.74) is 3.90. The molecule has 0 amide bonds. The van der Waals surface area contributed by atoms with Crippen LogP contribution in [0.5, 0.6) is 0 Å². The van der Waals surface area contributed by atoms with E-state index >= 15 is 0 Å². The lowest BCUT2D eigenvalue weighted by Crippen LogP contribution is -2.34. The van der Waals surface area contributed by atoms with Crippen LogP contribution in [0.4, 0.5) is 11.6 Å². The minimum absolute atomic E-state index is 0.00204. The fraction of sp³-hybridized carbons (Fsp3) is 0.115. The Morgan fingerprint density at radius 1 is 0.973 bits per heavy atom. The maximum Gasteiger partial charge on any atom is 0.265 e. The molecule has 3 heterocycles. The van der Waals surface area contributed by atoms with Crippen molar-refractivity contribution in [2.24, 2.45) is 0 Å². The van der Waals surface area contributed by atoms with E-state index in [9.17, 15) is 18.5 Å². The van der Waals surface area contributed by atoms with Crippen LogP contribution in [0.1, 0.15) is 22.5 Å². The third kappa shape index (κ3) is 4.34. The summed E-state index contributed by atoms with van der Waals surface area (Å²) in [4.78, 5) is 26.1. The minimum Gasteiger partial charge on any atom is -0.361 e. The van der Waals surface area contributed by atoms with Gasteiger partial charge in [-0.15, -0.1) is 0 Å². The van der Waals surface area contributed by atoms with Gasteiger partial charge in [0.1, 0.15) is 6.07 Å². The maximum atomic E-state index is 13.4. The molecule has 0 aliphatic carbocycles. The van der Waals surface area contributed by atoms with Gasteiger partial charge in [0.25, 0.3) is 15.6 Å². The second kappa shape index (κ2) is 9.00. The van der Waals surface area contributed by atoms with E-state index in [1.165, 1.54) is 22.7 Å². The van der Waals surface area contributed by atoms with Gasteiger partial charge in [-0.3, -0.25) is 9.20 Å². The number of nitrogens with zero attached hydrogens (tertiary/aromatic N) is 5. The summed E-state index contributed by atoms with van der Waals surface area (Å²) < 4.78 is 29.4. The fourth-order valence-electron chi connectivity index (χ4n) is 4.12. The number of benzene rings is 2. The minimum atomic E-state index is -3.90. The molecule has 5 rings (SSSR count). The Bertz CT molecular complexity index is 1940. The molecule has 0 spiro atoms. The molecule has 0 saturated carbocycles. The van der Waals surface area contributed by atoms with E-state index in [2.05, 4.69) is 31.1 Å². The molecule has 2 aromatic carbocycles. The Hall–Kier alpha value is -4.82. The molecule has 2 N–H and O–H groups in total. The van der Waals surface area contributed by atoms with Gasteiger partial charge >= 0.3 is 0 Å². The van der Waals surface area contributed by atoms with Crippen LogP contribution >= 0.6 is 0 Å². The second-order valence-electron chi connectivity index (χ2n) is 8.48. The first-order valence-electron chi connectivity index (χ1n) is 11.2. The van der Waals surface area contributed by atoms with Gasteiger partial charge in [-0.2, -0.15) is 5.26 Å². The summed E-state index contributed by atoms with van der Waals surface area (Å²) in [6.07, 6.45) is 1.51. The van der Waals surface area contributed by atoms with Crippen molar-refractivity contribution >= 4 is 44.5 Å². The molecule has 0 atom stereocenters. The quantitative estimate of drug-likeness (QED) is 0.367. The zero-order valence-electron chi connectivity index (χ0n) is 20.1. The topological polar surface area (TPSA) is 142 Å². The number of pyridine rings is 1. The number of aromatic nitrogens is 4. The summed E-state index contributed by atoms with van der Waals surface area (Å²) in [5.74, 6) is 0.00204. The number of imidazole rings is 1. The molecule has 0 bridgehead atoms. The number of anilines is 2. The van der Waals surface area contributed by atoms with Gasteiger partial charge in [0, 0.05) is 23.3 Å². The van der Waals surface area contributed by atoms with Gasteiger partial charge < -0.3 is 5.32 Å². The highest BCUT2D eigenvalue weighted by Gasteiger charge is 2.17. The number of fused-ring (bicyclic) bond motifs is 3. The van der Waals surface area contributed by atoms with Crippen molar-refractivity contribution in [3.05, 3.63) is 92.7 Å². The Labute approximate surface area is 212 Å². The summed E-state index contributed by atoms with van der Waals surface area (Å²) in [7, 11) is -3.90. The van der Waals surface area contributed by atoms with Crippen LogP contribution in [0.15, 0.2) is 64.3 Å². The predicted molar refractivity (Wildman–Crippen MR) is 140 cm³/mol. The molecule has 11 heteroatoms. The molecule has 10 nitrogen and oxygen atoms in total. The molecule has 0 saturated heterocycles. The van der Waals surface area contributed by atoms with E-state index in [-0.39, 0.29) is 16.4 Å². The number of rotatable bonds is 5. The van der Waals surface area contributed by atoms with Crippen LogP contribution in [0, 0.1) is 32.1 Å². The van der Waals surface area contributed by atoms with Gasteiger partial charge in [-0.1, -0.05) is 12.1 Å². The normalized spacial score (nSPS) is 12.1. The highest BCUT2D eigenvalue weighted by atomic mass is 32.2. The maximum absolute atomic E-state index is 13.4. The lowest BCUT2D eigenvalue weighted by Gasteiger charge is -2.09. The molecule has 0 aliphatic heterocycles. The molecule has 37 heavy (non-hydrogen) atoms. The molecule has 0 aliphatic rings. The predicted octanol–water partition coefficient (Wildman–Crippen LogP) is 2.80. The zero-order valence-corrected chi connectivity index (χ0v) is 21.0. The van der Waals surface area contributed by atoms with Crippen molar-refractivity contribution in [2.45, 2.75) is 25.7 Å². The number of nitrogens with one attached hydrogen (secondary N) is 2. The first kappa shape index (κ1) is 23.9. The Balaban J connectivity index is 1.49. The van der Waals surface area contributed by atoms with Crippen LogP contribution in [0.25, 0.3) is 22.9 Å². The molecule has 3 aromatic heterocycles. The highest BCUT2D eigenvalue weighted by Crippen LogP contribution is 2.19. The first-order valence-corrected chi connectivity index (χ1v) is 12.7. The van der Waals surface area contributed by atoms with Crippen molar-refractivity contribution in [2.75, 3.05) is 10.0 Å². The van der Waals surface area contributed by atoms with Gasteiger partial charge in [-0.25, -0.2) is 28.1 Å². The lowest BCUT2D eigenvalue weighted by atomic mass is 10.1. The standard InChI is InChI=1S/C26H21N7O3S/c1-15-12-16(2)30-26(29-15)32-37(35,36)19-10-8-18(9-11-19)28-14-21-17(3)20(13-27)24-31-22-6-4-5-7-23(22)33(24)25(21)34/h4-12,14,28H,1-3H3,(H,29,30,32). The average molecular weight is 512 g/mol. The molecule has 0 fully saturated rings. The van der Waals surface area contributed by atoms with Gasteiger partial charge in [0.05, 0.1) is 26.7 Å². The molecular weight excluding hydrogens is 490 g/mol. The molecule has 0 radical (unpaired) electrons. The average Bonchev–Trinajstić information content (AvgIpc) is 3.23. The number of hydrogen-bond acceptors (Lipinski definition) is 8. The summed E-state index contributed by atoms with van der Waals surface area (Å²) in [6.45, 7) is 5.21. The Morgan fingerprint density at radius 3 is 2.32 bits per heavy atom. The SMILES string of the molecule is Cc1cc(C)nc(NS(=O)(=O)c2ccc(NC=c3c(C)c(C#N)c4nc5ccccc5n4c3=O)cc2)n1. The van der Waals surface area contributed by atoms with Crippen molar-refractivity contribution < 1.29 is 8.42 Å². The van der Waals surface area contributed by atoms with E-state index in [0.29, 0.717) is 50.1 Å². The Kier molecular flexibility index (Phi) is 5.81. The molecular formula is C26H21N7O3S. The number of nitriles is 1. The van der Waals surface area contributed by atoms with Crippen molar-refractivity contribution in [3.63, 3.8) is 0 Å². The van der Waals surface area contributed by atoms with Crippen LogP contribution in [-0.2, 0) is 10.0 Å². The molecule has 5 aromatic rings. The van der Waals surface area contributed by atoms with Gasteiger partial charge in [-0.05, 0) is 68.8 Å². The fourth-order valence-corrected chi connectivity index (χ4v) is 5.07. The van der Waals surface area contributed by atoms with Crippen LogP contribution in [-0.4, -0.2) is 27.8 Å². The van der Waals surface area contributed by atoms with E-state index in [0.717, 1.165) is 0 Å². The van der Waals surface area contributed by atoms with Crippen LogP contribution < -0.4 is 20.8 Å². The third-order valence-electron chi connectivity index (χ3n) is 5.86. The summed E-state index contributed by atoms with van der Waals surface area (Å²) in [5, 5.41) is 13.1. The van der Waals surface area contributed by atoms with E-state index in [1.807, 2.05) is 6.07 Å². The number of hydrogen-bond donors (Lipinski definition) is 2. The zero-order chi connectivity index (χ0) is 26.3. The second-order valence-corrected chi connectivity index (χ2v) is 10.2. The van der Waals surface area contributed by atoms with E-state index in [1.54, 1.807) is 57.2 Å². The van der Waals surface area contributed by atoms with Crippen LogP contribution in [0.3, 0.4) is 0 Å². The molecule has 0 unspecified atom stereocenters. The number of sulfonamides is 1. The smallest absolute Gasteiger partial charge is 0.265 e. The lowest BCUT2D eigenvalue weighted by molar-refractivity contribution is 0.601. The first-order chi connectivity index (χ1) is 17.7. The van der Waals surface area contributed by atoms with Crippen molar-refractivity contribution in [3.8, 4) is 6.07 Å². The summed E-state index contributed by atoms with van der Waals surface area (Å²) in [6, 6.07) is 17.1. The number of para-hydroxylation sites is 2. The monoisotopic (exact) mass is 511 g/mol. The van der Waals surface area contributed by atoms with E-state index < -0.39 is 10.0 Å². The van der Waals surface area contributed by atoms with Gasteiger partial charge in [0.15, 0.2) is 5.65 Å². The van der Waals surface area contributed by atoms with Crippen molar-refractivity contribution in [1.29, 1.82) is 5.26 Å². The molecule has 184 valence electrons. The third-order valence-corrected chi connectivity index (χ3v) is 7.21. The Morgan fingerprint density at radius 2 is 1.65 bits per heavy atom. The highest BCUT2D eigenvalue weighted by molar-refractivity contribution is 7.92. The van der Waals surface area contributed by atoms with E-state index in [4.69, 9.17) is 0 Å². The van der Waals surface area contributed by atoms with Gasteiger partial charge in [0.2, 0.25) is 5.95 Å².